The largest absolute Gasteiger partial charge is 0.265 e. The van der Waals surface area contributed by atoms with E-state index in [9.17, 15) is 0 Å². The third-order valence-electron chi connectivity index (χ3n) is 2.70. The topological polar surface area (TPSA) is 43.6 Å². The molecule has 0 N–H and O–H groups in total. The molecule has 0 bridgehead atoms. The van der Waals surface area contributed by atoms with Gasteiger partial charge in [0.1, 0.15) is 0 Å². The Bertz CT molecular complexity index is 664. The molecule has 0 saturated heterocycles. The van der Waals surface area contributed by atoms with E-state index in [0.29, 0.717) is 0 Å². The number of rotatable bonds is 3. The first kappa shape index (κ1) is 11.9. The third-order valence-corrected chi connectivity index (χ3v) is 3.33. The monoisotopic (exact) mass is 268 g/mol. The minimum atomic E-state index is 0.718. The maximum atomic E-state index is 4.58. The van der Waals surface area contributed by atoms with Gasteiger partial charge in [-0.25, -0.2) is 9.67 Å². The molecule has 0 saturated carbocycles. The van der Waals surface area contributed by atoms with E-state index in [1.807, 2.05) is 53.4 Å². The summed E-state index contributed by atoms with van der Waals surface area (Å²) < 4.78 is 1.86. The fourth-order valence-corrected chi connectivity index (χ4v) is 2.29. The van der Waals surface area contributed by atoms with Gasteiger partial charge < -0.3 is 0 Å². The Morgan fingerprint density at radius 2 is 1.74 bits per heavy atom. The highest BCUT2D eigenvalue weighted by molar-refractivity contribution is 7.98. The summed E-state index contributed by atoms with van der Waals surface area (Å²) in [6, 6.07) is 13.8. The van der Waals surface area contributed by atoms with Gasteiger partial charge in [-0.15, -0.1) is 5.10 Å². The lowest BCUT2D eigenvalue weighted by molar-refractivity contribution is 0.788. The SMILES string of the molecule is CSc1nc(-c2ccncc2)nn1-c1ccccc1. The molecule has 0 aliphatic heterocycles. The first-order valence-corrected chi connectivity index (χ1v) is 7.08. The van der Waals surface area contributed by atoms with Crippen LogP contribution in [0.2, 0.25) is 0 Å². The minimum absolute atomic E-state index is 0.718. The summed E-state index contributed by atoms with van der Waals surface area (Å²) in [5.74, 6) is 0.718. The van der Waals surface area contributed by atoms with Crippen LogP contribution in [0.15, 0.2) is 60.0 Å². The Balaban J connectivity index is 2.09. The summed E-state index contributed by atoms with van der Waals surface area (Å²) >= 11 is 1.58. The highest BCUT2D eigenvalue weighted by Gasteiger charge is 2.11. The summed E-state index contributed by atoms with van der Waals surface area (Å²) in [4.78, 5) is 8.57. The molecular weight excluding hydrogens is 256 g/mol. The Labute approximate surface area is 115 Å². The summed E-state index contributed by atoms with van der Waals surface area (Å²) in [5, 5.41) is 5.45. The number of benzene rings is 1. The lowest BCUT2D eigenvalue weighted by Gasteiger charge is -2.02. The molecule has 1 aromatic carbocycles. The maximum absolute atomic E-state index is 4.58. The Kier molecular flexibility index (Phi) is 3.29. The number of hydrogen-bond acceptors (Lipinski definition) is 4. The molecule has 3 rings (SSSR count). The molecule has 4 nitrogen and oxygen atoms in total. The standard InChI is InChI=1S/C14H12N4S/c1-19-14-16-13(11-7-9-15-10-8-11)17-18(14)12-5-3-2-4-6-12/h2-10H,1H3. The molecule has 0 atom stereocenters. The van der Waals surface area contributed by atoms with Crippen molar-refractivity contribution in [3.8, 4) is 17.1 Å². The van der Waals surface area contributed by atoms with Crippen LogP contribution in [0, 0.1) is 0 Å². The van der Waals surface area contributed by atoms with Crippen LogP contribution in [-0.2, 0) is 0 Å². The summed E-state index contributed by atoms with van der Waals surface area (Å²) in [5.41, 5.74) is 1.99. The number of hydrogen-bond donors (Lipinski definition) is 0. The van der Waals surface area contributed by atoms with Crippen LogP contribution in [0.4, 0.5) is 0 Å². The quantitative estimate of drug-likeness (QED) is 0.685. The van der Waals surface area contributed by atoms with Gasteiger partial charge in [-0.3, -0.25) is 4.98 Å². The predicted molar refractivity (Wildman–Crippen MR) is 76.4 cm³/mol. The maximum Gasteiger partial charge on any atom is 0.191 e. The molecule has 0 aliphatic carbocycles. The molecule has 0 unspecified atom stereocenters. The second kappa shape index (κ2) is 5.24. The molecule has 0 radical (unpaired) electrons. The first-order chi connectivity index (χ1) is 9.38. The Morgan fingerprint density at radius 1 is 1.00 bits per heavy atom. The molecule has 0 amide bonds. The Hall–Kier alpha value is -2.14. The second-order valence-electron chi connectivity index (χ2n) is 3.91. The van der Waals surface area contributed by atoms with Gasteiger partial charge in [-0.05, 0) is 30.5 Å². The van der Waals surface area contributed by atoms with Gasteiger partial charge in [0, 0.05) is 18.0 Å². The molecule has 94 valence electrons. The molecule has 2 aromatic heterocycles. The zero-order valence-electron chi connectivity index (χ0n) is 10.4. The second-order valence-corrected chi connectivity index (χ2v) is 4.68. The molecule has 2 heterocycles. The molecule has 0 fully saturated rings. The summed E-state index contributed by atoms with van der Waals surface area (Å²) in [6.07, 6.45) is 5.49. The van der Waals surface area contributed by atoms with Gasteiger partial charge in [0.2, 0.25) is 0 Å². The van der Waals surface area contributed by atoms with Gasteiger partial charge in [-0.2, -0.15) is 0 Å². The average molecular weight is 268 g/mol. The van der Waals surface area contributed by atoms with Crippen molar-refractivity contribution in [1.82, 2.24) is 19.7 Å². The minimum Gasteiger partial charge on any atom is -0.265 e. The smallest absolute Gasteiger partial charge is 0.191 e. The van der Waals surface area contributed by atoms with E-state index in [0.717, 1.165) is 22.2 Å². The molecular formula is C14H12N4S. The first-order valence-electron chi connectivity index (χ1n) is 5.85. The van der Waals surface area contributed by atoms with Crippen LogP contribution in [0.5, 0.6) is 0 Å². The lowest BCUT2D eigenvalue weighted by atomic mass is 10.3. The summed E-state index contributed by atoms with van der Waals surface area (Å²) in [7, 11) is 0. The van der Waals surface area contributed by atoms with Crippen molar-refractivity contribution in [2.75, 3.05) is 6.26 Å². The summed E-state index contributed by atoms with van der Waals surface area (Å²) in [6.45, 7) is 0. The van der Waals surface area contributed by atoms with Crippen LogP contribution in [0.25, 0.3) is 17.1 Å². The molecule has 3 aromatic rings. The van der Waals surface area contributed by atoms with E-state index in [1.54, 1.807) is 24.2 Å². The molecule has 0 aliphatic rings. The van der Waals surface area contributed by atoms with Crippen LogP contribution < -0.4 is 0 Å². The van der Waals surface area contributed by atoms with Crippen molar-refractivity contribution in [2.45, 2.75) is 5.16 Å². The van der Waals surface area contributed by atoms with E-state index < -0.39 is 0 Å². The van der Waals surface area contributed by atoms with Crippen molar-refractivity contribution in [1.29, 1.82) is 0 Å². The number of aromatic nitrogens is 4. The van der Waals surface area contributed by atoms with E-state index in [-0.39, 0.29) is 0 Å². The van der Waals surface area contributed by atoms with Crippen molar-refractivity contribution in [3.63, 3.8) is 0 Å². The number of thioether (sulfide) groups is 1. The highest BCUT2D eigenvalue weighted by atomic mass is 32.2. The third kappa shape index (κ3) is 2.37. The van der Waals surface area contributed by atoms with Crippen molar-refractivity contribution >= 4 is 11.8 Å². The van der Waals surface area contributed by atoms with Gasteiger partial charge in [-0.1, -0.05) is 30.0 Å². The average Bonchev–Trinajstić information content (AvgIpc) is 2.93. The Morgan fingerprint density at radius 3 is 2.42 bits per heavy atom. The van der Waals surface area contributed by atoms with Crippen LogP contribution in [0.3, 0.4) is 0 Å². The molecule has 0 spiro atoms. The van der Waals surface area contributed by atoms with Gasteiger partial charge >= 0.3 is 0 Å². The van der Waals surface area contributed by atoms with Crippen LogP contribution in [-0.4, -0.2) is 26.0 Å². The molecule has 5 heteroatoms. The van der Waals surface area contributed by atoms with Crippen molar-refractivity contribution < 1.29 is 0 Å². The van der Waals surface area contributed by atoms with Crippen molar-refractivity contribution in [3.05, 3.63) is 54.9 Å². The number of para-hydroxylation sites is 1. The predicted octanol–water partition coefficient (Wildman–Crippen LogP) is 3.05. The van der Waals surface area contributed by atoms with Gasteiger partial charge in [0.05, 0.1) is 5.69 Å². The number of nitrogens with zero attached hydrogens (tertiary/aromatic N) is 4. The van der Waals surface area contributed by atoms with Crippen LogP contribution >= 0.6 is 11.8 Å². The van der Waals surface area contributed by atoms with E-state index in [1.165, 1.54) is 0 Å². The van der Waals surface area contributed by atoms with E-state index >= 15 is 0 Å². The van der Waals surface area contributed by atoms with Crippen LogP contribution in [0.1, 0.15) is 0 Å². The van der Waals surface area contributed by atoms with Gasteiger partial charge in [0.25, 0.3) is 0 Å². The molecule has 19 heavy (non-hydrogen) atoms. The van der Waals surface area contributed by atoms with E-state index in [2.05, 4.69) is 15.1 Å². The zero-order chi connectivity index (χ0) is 13.1. The fraction of sp³-hybridized carbons (Fsp3) is 0.0714. The fourth-order valence-electron chi connectivity index (χ4n) is 1.79. The lowest BCUT2D eigenvalue weighted by Crippen LogP contribution is -1.97. The van der Waals surface area contributed by atoms with Crippen molar-refractivity contribution in [2.24, 2.45) is 0 Å². The number of pyridine rings is 1. The highest BCUT2D eigenvalue weighted by Crippen LogP contribution is 2.22. The zero-order valence-corrected chi connectivity index (χ0v) is 11.2. The van der Waals surface area contributed by atoms with Gasteiger partial charge in [0.15, 0.2) is 11.0 Å². The normalized spacial score (nSPS) is 10.6. The van der Waals surface area contributed by atoms with E-state index in [4.69, 9.17) is 0 Å².